The summed E-state index contributed by atoms with van der Waals surface area (Å²) >= 11 is 0. The lowest BCUT2D eigenvalue weighted by Gasteiger charge is -2.55. The molecule has 0 saturated heterocycles. The standard InChI is InChI=1S/C19H22N2/c20-16-8-18(21-17-4-2-1-3-15(16)17)19-9-12-5-13(10-19)7-14(6-12)11-19/h1-4,8,12-14H,5-7,9-11H2,(H2,20,21)/p+1. The Morgan fingerprint density at radius 1 is 0.952 bits per heavy atom. The smallest absolute Gasteiger partial charge is 0.213 e. The Kier molecular flexibility index (Phi) is 2.29. The molecule has 0 atom stereocenters. The Hall–Kier alpha value is -1.57. The first-order chi connectivity index (χ1) is 10.2. The van der Waals surface area contributed by atoms with Crippen molar-refractivity contribution in [1.82, 2.24) is 0 Å². The lowest BCUT2D eigenvalue weighted by atomic mass is 9.48. The number of aromatic amines is 1. The summed E-state index contributed by atoms with van der Waals surface area (Å²) in [6.07, 6.45) is 8.61. The molecule has 3 N–H and O–H groups in total. The molecule has 1 heterocycles. The van der Waals surface area contributed by atoms with Crippen LogP contribution in [0.15, 0.2) is 30.3 Å². The van der Waals surface area contributed by atoms with Gasteiger partial charge in [-0.15, -0.1) is 0 Å². The molecule has 1 aromatic carbocycles. The molecule has 2 heteroatoms. The van der Waals surface area contributed by atoms with Gasteiger partial charge in [0.1, 0.15) is 0 Å². The van der Waals surface area contributed by atoms with E-state index in [9.17, 15) is 0 Å². The Morgan fingerprint density at radius 3 is 2.24 bits per heavy atom. The van der Waals surface area contributed by atoms with Gasteiger partial charge in [-0.05, 0) is 62.3 Å². The van der Waals surface area contributed by atoms with E-state index in [4.69, 9.17) is 5.73 Å². The first-order valence-electron chi connectivity index (χ1n) is 8.43. The van der Waals surface area contributed by atoms with Crippen molar-refractivity contribution in [3.05, 3.63) is 36.0 Å². The van der Waals surface area contributed by atoms with Gasteiger partial charge in [-0.2, -0.15) is 0 Å². The van der Waals surface area contributed by atoms with E-state index < -0.39 is 0 Å². The molecule has 0 radical (unpaired) electrons. The van der Waals surface area contributed by atoms with E-state index >= 15 is 0 Å². The van der Waals surface area contributed by atoms with Crippen LogP contribution in [0, 0.1) is 17.8 Å². The molecule has 0 aliphatic heterocycles. The molecule has 6 rings (SSSR count). The molecule has 2 nitrogen and oxygen atoms in total. The predicted molar refractivity (Wildman–Crippen MR) is 84.8 cm³/mol. The van der Waals surface area contributed by atoms with Crippen LogP contribution in [0.4, 0.5) is 5.69 Å². The first-order valence-corrected chi connectivity index (χ1v) is 8.43. The molecule has 0 amide bonds. The van der Waals surface area contributed by atoms with Gasteiger partial charge >= 0.3 is 0 Å². The maximum Gasteiger partial charge on any atom is 0.213 e. The fourth-order valence-electron chi connectivity index (χ4n) is 5.98. The predicted octanol–water partition coefficient (Wildman–Crippen LogP) is 3.70. The highest BCUT2D eigenvalue weighted by atomic mass is 14.8. The summed E-state index contributed by atoms with van der Waals surface area (Å²) in [5.41, 5.74) is 10.3. The SMILES string of the molecule is Nc1cc(C23CC4CC(CC(C4)C2)C3)[nH+]c2ccccc12. The zero-order chi connectivity index (χ0) is 14.0. The highest BCUT2D eigenvalue weighted by Gasteiger charge is 2.54. The van der Waals surface area contributed by atoms with Crippen molar-refractivity contribution in [2.75, 3.05) is 5.73 Å². The van der Waals surface area contributed by atoms with Crippen LogP contribution in [0.1, 0.15) is 44.2 Å². The van der Waals surface area contributed by atoms with Crippen molar-refractivity contribution in [3.63, 3.8) is 0 Å². The lowest BCUT2D eigenvalue weighted by Crippen LogP contribution is -2.50. The number of nitrogens with two attached hydrogens (primary N) is 1. The van der Waals surface area contributed by atoms with Crippen LogP contribution in [0.25, 0.3) is 10.9 Å². The lowest BCUT2D eigenvalue weighted by molar-refractivity contribution is -0.371. The van der Waals surface area contributed by atoms with Gasteiger partial charge in [-0.3, -0.25) is 0 Å². The summed E-state index contributed by atoms with van der Waals surface area (Å²) in [6.45, 7) is 0. The third kappa shape index (κ3) is 1.68. The van der Waals surface area contributed by atoms with Gasteiger partial charge in [0.05, 0.1) is 16.5 Å². The van der Waals surface area contributed by atoms with Gasteiger partial charge in [0.15, 0.2) is 5.69 Å². The van der Waals surface area contributed by atoms with Crippen LogP contribution in [0.3, 0.4) is 0 Å². The largest absolute Gasteiger partial charge is 0.398 e. The minimum atomic E-state index is 0.396. The number of nitrogens with one attached hydrogen (secondary N) is 1. The molecule has 4 aliphatic carbocycles. The van der Waals surface area contributed by atoms with E-state index in [0.717, 1.165) is 28.8 Å². The number of nitrogen functional groups attached to an aromatic ring is 1. The monoisotopic (exact) mass is 279 g/mol. The van der Waals surface area contributed by atoms with Crippen molar-refractivity contribution in [1.29, 1.82) is 0 Å². The van der Waals surface area contributed by atoms with Crippen LogP contribution in [-0.4, -0.2) is 0 Å². The third-order valence-electron chi connectivity index (χ3n) is 6.42. The molecule has 4 fully saturated rings. The normalized spacial score (nSPS) is 37.2. The highest BCUT2D eigenvalue weighted by molar-refractivity contribution is 5.87. The van der Waals surface area contributed by atoms with Gasteiger partial charge in [0, 0.05) is 12.1 Å². The summed E-state index contributed by atoms with van der Waals surface area (Å²) in [4.78, 5) is 3.74. The second-order valence-corrected chi connectivity index (χ2v) is 7.88. The fourth-order valence-corrected chi connectivity index (χ4v) is 5.98. The van der Waals surface area contributed by atoms with Crippen molar-refractivity contribution in [2.24, 2.45) is 17.8 Å². The molecule has 4 aliphatic rings. The van der Waals surface area contributed by atoms with Gasteiger partial charge in [0.25, 0.3) is 0 Å². The van der Waals surface area contributed by atoms with Gasteiger partial charge in [-0.1, -0.05) is 12.1 Å². The molecule has 1 aromatic heterocycles. The number of rotatable bonds is 1. The topological polar surface area (TPSA) is 40.2 Å². The second-order valence-electron chi connectivity index (χ2n) is 7.88. The number of benzene rings is 1. The minimum absolute atomic E-state index is 0.396. The molecule has 2 aromatic rings. The van der Waals surface area contributed by atoms with Crippen LogP contribution in [0.5, 0.6) is 0 Å². The Balaban J connectivity index is 1.67. The fraction of sp³-hybridized carbons (Fsp3) is 0.526. The third-order valence-corrected chi connectivity index (χ3v) is 6.42. The number of H-pyrrole nitrogens is 1. The molecular formula is C19H23N2+. The van der Waals surface area contributed by atoms with Crippen molar-refractivity contribution >= 4 is 16.6 Å². The summed E-state index contributed by atoms with van der Waals surface area (Å²) in [6, 6.07) is 10.7. The van der Waals surface area contributed by atoms with Crippen LogP contribution >= 0.6 is 0 Å². The van der Waals surface area contributed by atoms with Crippen molar-refractivity contribution in [2.45, 2.75) is 43.9 Å². The number of anilines is 1. The molecular weight excluding hydrogens is 256 g/mol. The Labute approximate surface area is 125 Å². The summed E-state index contributed by atoms with van der Waals surface area (Å²) < 4.78 is 0. The molecule has 21 heavy (non-hydrogen) atoms. The van der Waals surface area contributed by atoms with E-state index in [-0.39, 0.29) is 0 Å². The van der Waals surface area contributed by atoms with E-state index in [1.807, 2.05) is 0 Å². The van der Waals surface area contributed by atoms with E-state index in [1.165, 1.54) is 49.7 Å². The number of hydrogen-bond acceptors (Lipinski definition) is 1. The molecule has 4 bridgehead atoms. The average Bonchev–Trinajstić information content (AvgIpc) is 2.46. The van der Waals surface area contributed by atoms with Crippen LogP contribution in [0.2, 0.25) is 0 Å². The second kappa shape index (κ2) is 4.00. The maximum atomic E-state index is 6.36. The first kappa shape index (κ1) is 12.0. The van der Waals surface area contributed by atoms with Crippen LogP contribution < -0.4 is 10.7 Å². The molecule has 108 valence electrons. The number of aromatic nitrogens is 1. The van der Waals surface area contributed by atoms with Crippen molar-refractivity contribution in [3.8, 4) is 0 Å². The molecule has 0 spiro atoms. The minimum Gasteiger partial charge on any atom is -0.398 e. The Morgan fingerprint density at radius 2 is 1.57 bits per heavy atom. The van der Waals surface area contributed by atoms with E-state index in [0.29, 0.717) is 5.41 Å². The summed E-state index contributed by atoms with van der Waals surface area (Å²) in [5.74, 6) is 2.91. The molecule has 0 unspecified atom stereocenters. The number of fused-ring (bicyclic) bond motifs is 1. The average molecular weight is 279 g/mol. The van der Waals surface area contributed by atoms with Gasteiger partial charge < -0.3 is 5.73 Å². The quantitative estimate of drug-likeness (QED) is 0.849. The summed E-state index contributed by atoms with van der Waals surface area (Å²) in [7, 11) is 0. The Bertz CT molecular complexity index is 683. The van der Waals surface area contributed by atoms with Gasteiger partial charge in [0.2, 0.25) is 5.52 Å². The summed E-state index contributed by atoms with van der Waals surface area (Å²) in [5, 5.41) is 1.16. The zero-order valence-corrected chi connectivity index (χ0v) is 12.4. The number of para-hydroxylation sites is 1. The number of hydrogen-bond donors (Lipinski definition) is 1. The highest BCUT2D eigenvalue weighted by Crippen LogP contribution is 2.60. The van der Waals surface area contributed by atoms with E-state index in [1.54, 1.807) is 0 Å². The van der Waals surface area contributed by atoms with Gasteiger partial charge in [-0.25, -0.2) is 4.98 Å². The molecule has 4 saturated carbocycles. The zero-order valence-electron chi connectivity index (χ0n) is 12.4. The number of pyridine rings is 1. The van der Waals surface area contributed by atoms with Crippen molar-refractivity contribution < 1.29 is 4.98 Å². The van der Waals surface area contributed by atoms with Crippen LogP contribution in [-0.2, 0) is 5.41 Å². The maximum absolute atomic E-state index is 6.36. The van der Waals surface area contributed by atoms with E-state index in [2.05, 4.69) is 35.3 Å².